The van der Waals surface area contributed by atoms with Gasteiger partial charge in [-0.05, 0) is 183 Å². The zero-order valence-corrected chi connectivity index (χ0v) is 38.2. The van der Waals surface area contributed by atoms with Crippen molar-refractivity contribution in [3.05, 3.63) is 95.2 Å². The monoisotopic (exact) mass is 843 g/mol. The third kappa shape index (κ3) is 10.3. The van der Waals surface area contributed by atoms with E-state index < -0.39 is 24.4 Å². The predicted octanol–water partition coefficient (Wildman–Crippen LogP) is 11.4. The summed E-state index contributed by atoms with van der Waals surface area (Å²) < 4.78 is 0. The second-order valence-corrected chi connectivity index (χ2v) is 21.9. The molecule has 0 spiro atoms. The van der Waals surface area contributed by atoms with E-state index in [1.807, 2.05) is 0 Å². The summed E-state index contributed by atoms with van der Waals surface area (Å²) in [5.41, 5.74) is 7.34. The molecule has 5 nitrogen and oxygen atoms in total. The number of hydrogen-bond donors (Lipinski definition) is 5. The van der Waals surface area contributed by atoms with Gasteiger partial charge in [0.05, 0.1) is 35.9 Å². The molecule has 332 valence electrons. The van der Waals surface area contributed by atoms with Gasteiger partial charge < -0.3 is 25.5 Å². The van der Waals surface area contributed by atoms with E-state index in [1.165, 1.54) is 89.0 Å². The van der Waals surface area contributed by atoms with Crippen molar-refractivity contribution < 1.29 is 25.5 Å². The molecule has 4 unspecified atom stereocenters. The highest BCUT2D eigenvalue weighted by molar-refractivity contribution is 6.22. The number of allylic oxidation sites excluding steroid dienone is 9. The van der Waals surface area contributed by atoms with Gasteiger partial charge in [-0.2, -0.15) is 0 Å². The minimum atomic E-state index is -0.621. The molecule has 6 heteroatoms. The summed E-state index contributed by atoms with van der Waals surface area (Å²) in [6, 6.07) is 0. The quantitative estimate of drug-likeness (QED) is 0.111. The van der Waals surface area contributed by atoms with Crippen LogP contribution in [0.3, 0.4) is 0 Å². The normalized spacial score (nSPS) is 42.1. The number of aliphatic hydroxyl groups excluding tert-OH is 5. The van der Waals surface area contributed by atoms with Crippen molar-refractivity contribution >= 4 is 11.6 Å². The van der Waals surface area contributed by atoms with Crippen molar-refractivity contribution in [1.29, 1.82) is 0 Å². The van der Waals surface area contributed by atoms with Gasteiger partial charge in [0.1, 0.15) is 0 Å². The fourth-order valence-electron chi connectivity index (χ4n) is 13.2. The maximum absolute atomic E-state index is 10.2. The van der Waals surface area contributed by atoms with Crippen LogP contribution in [0.5, 0.6) is 0 Å². The third-order valence-corrected chi connectivity index (χ3v) is 17.8. The van der Waals surface area contributed by atoms with E-state index in [9.17, 15) is 25.5 Å². The van der Waals surface area contributed by atoms with Crippen molar-refractivity contribution in [3.8, 4) is 0 Å². The summed E-state index contributed by atoms with van der Waals surface area (Å²) in [5.74, 6) is 4.92. The molecule has 0 aromatic heterocycles. The first-order chi connectivity index (χ1) is 28.6. The molecule has 8 rings (SSSR count). The molecule has 8 aliphatic carbocycles. The van der Waals surface area contributed by atoms with Crippen LogP contribution >= 0.6 is 11.6 Å². The number of alkyl halides is 1. The van der Waals surface area contributed by atoms with E-state index in [2.05, 4.69) is 89.5 Å². The Labute approximate surface area is 368 Å². The first kappa shape index (κ1) is 46.0. The number of fused-ring (bicyclic) bond motifs is 2. The van der Waals surface area contributed by atoms with Gasteiger partial charge in [-0.15, -0.1) is 11.6 Å². The molecule has 8 aliphatic rings. The van der Waals surface area contributed by atoms with Crippen LogP contribution in [-0.4, -0.2) is 61.4 Å². The van der Waals surface area contributed by atoms with Crippen LogP contribution in [0.2, 0.25) is 0 Å². The molecule has 8 saturated carbocycles. The van der Waals surface area contributed by atoms with Crippen molar-refractivity contribution in [3.63, 3.8) is 0 Å². The Morgan fingerprint density at radius 3 is 1.47 bits per heavy atom. The van der Waals surface area contributed by atoms with E-state index in [-0.39, 0.29) is 11.5 Å². The lowest BCUT2D eigenvalue weighted by atomic mass is 9.61. The first-order valence-electron chi connectivity index (χ1n) is 24.2. The van der Waals surface area contributed by atoms with Crippen LogP contribution in [0, 0.1) is 58.2 Å². The maximum Gasteiger partial charge on any atom is 0.0811 e. The smallest absolute Gasteiger partial charge is 0.0811 e. The van der Waals surface area contributed by atoms with Gasteiger partial charge >= 0.3 is 0 Å². The maximum atomic E-state index is 10.2. The number of rotatable bonds is 10. The molecule has 14 atom stereocenters. The second kappa shape index (κ2) is 19.4. The highest BCUT2D eigenvalue weighted by atomic mass is 35.5. The topological polar surface area (TPSA) is 101 Å². The third-order valence-electron chi connectivity index (χ3n) is 17.3. The van der Waals surface area contributed by atoms with Crippen molar-refractivity contribution in [1.82, 2.24) is 0 Å². The van der Waals surface area contributed by atoms with E-state index in [4.69, 9.17) is 11.6 Å². The highest BCUT2D eigenvalue weighted by Crippen LogP contribution is 2.61. The molecule has 0 aliphatic heterocycles. The lowest BCUT2D eigenvalue weighted by Gasteiger charge is -2.44. The molecule has 0 radical (unpaired) electrons. The summed E-state index contributed by atoms with van der Waals surface area (Å²) in [7, 11) is 0. The molecular weight excluding hydrogens is 764 g/mol. The minimum Gasteiger partial charge on any atom is -0.393 e. The molecule has 0 aromatic carbocycles. The fourth-order valence-corrected chi connectivity index (χ4v) is 13.6. The lowest BCUT2D eigenvalue weighted by molar-refractivity contribution is 0.0855. The molecule has 0 amide bonds. The predicted molar refractivity (Wildman–Crippen MR) is 247 cm³/mol. The summed E-state index contributed by atoms with van der Waals surface area (Å²) in [5, 5.41) is 50.8. The largest absolute Gasteiger partial charge is 0.393 e. The van der Waals surface area contributed by atoms with E-state index in [1.54, 1.807) is 5.57 Å². The van der Waals surface area contributed by atoms with Crippen molar-refractivity contribution in [2.24, 2.45) is 58.2 Å². The van der Waals surface area contributed by atoms with Gasteiger partial charge in [0.25, 0.3) is 0 Å². The van der Waals surface area contributed by atoms with E-state index in [0.29, 0.717) is 83.9 Å². The Kier molecular flexibility index (Phi) is 14.9. The SMILES string of the molecule is C=C1/C(=C\C=C2/CCC[C@@]3(C)C2CC[C@@H]3[C@H](C)/C=C/C(Cl)C2CC2)C[C@@H](O)C[C@@H]1O.C=C1/C(=C\C=C2/CCC[C@@]3(C)C2CC[C@@H]3[C@H](C)/C=C/C(O)C2CC2)C[C@@H](O)C[C@@H]1O. The van der Waals surface area contributed by atoms with Crippen LogP contribution in [-0.2, 0) is 0 Å². The highest BCUT2D eigenvalue weighted by Gasteiger charge is 2.51. The number of aliphatic hydroxyl groups is 5. The summed E-state index contributed by atoms with van der Waals surface area (Å²) in [6.45, 7) is 17.9. The van der Waals surface area contributed by atoms with Crippen molar-refractivity contribution in [2.45, 2.75) is 179 Å². The average Bonchev–Trinajstić information content (AvgIpc) is 4.15. The summed E-state index contributed by atoms with van der Waals surface area (Å²) in [6.07, 6.45) is 34.9. The fraction of sp³-hybridized carbons (Fsp3) is 0.704. The Morgan fingerprint density at radius 2 is 1.03 bits per heavy atom. The summed E-state index contributed by atoms with van der Waals surface area (Å²) >= 11 is 6.53. The molecule has 5 N–H and O–H groups in total. The number of halogens is 1. The molecule has 60 heavy (non-hydrogen) atoms. The molecule has 8 fully saturated rings. The van der Waals surface area contributed by atoms with Gasteiger partial charge in [-0.1, -0.05) is 101 Å². The van der Waals surface area contributed by atoms with Crippen LogP contribution < -0.4 is 0 Å². The first-order valence-corrected chi connectivity index (χ1v) is 24.6. The van der Waals surface area contributed by atoms with Gasteiger partial charge in [0, 0.05) is 12.8 Å². The second-order valence-electron chi connectivity index (χ2n) is 21.4. The van der Waals surface area contributed by atoms with Gasteiger partial charge in [0.15, 0.2) is 0 Å². The summed E-state index contributed by atoms with van der Waals surface area (Å²) in [4.78, 5) is 0. The minimum absolute atomic E-state index is 0.222. The zero-order valence-electron chi connectivity index (χ0n) is 37.5. The Balaban J connectivity index is 0.000000181. The average molecular weight is 844 g/mol. The lowest BCUT2D eigenvalue weighted by Crippen LogP contribution is -2.35. The van der Waals surface area contributed by atoms with Gasteiger partial charge in [-0.3, -0.25) is 0 Å². The van der Waals surface area contributed by atoms with Crippen LogP contribution in [0.15, 0.2) is 95.2 Å². The molecule has 0 saturated heterocycles. The Hall–Kier alpha value is -1.99. The molecule has 0 aromatic rings. The molecular formula is C54H79ClO5. The number of hydrogen-bond acceptors (Lipinski definition) is 5. The zero-order chi connectivity index (χ0) is 42.9. The Morgan fingerprint density at radius 1 is 0.600 bits per heavy atom. The Bertz CT molecular complexity index is 1620. The van der Waals surface area contributed by atoms with Gasteiger partial charge in [0.2, 0.25) is 0 Å². The molecule has 0 heterocycles. The van der Waals surface area contributed by atoms with Gasteiger partial charge in [-0.25, -0.2) is 0 Å². The van der Waals surface area contributed by atoms with Crippen molar-refractivity contribution in [2.75, 3.05) is 0 Å². The van der Waals surface area contributed by atoms with E-state index >= 15 is 0 Å². The molecule has 0 bridgehead atoms. The van der Waals surface area contributed by atoms with Crippen LogP contribution in [0.25, 0.3) is 0 Å². The standard InChI is InChI=1S/C27H39ClO2.C27H40O3/c1-17(6-13-25(28)20-8-9-20)23-11-12-24-19(5-4-14-27(23,24)3)7-10-21-15-22(29)16-26(30)18(21)2;1-17(6-13-25(29)20-8-9-20)23-11-12-24-19(5-4-14-27(23,24)3)7-10-21-15-22(28)16-26(30)18(21)2/h6-7,10,13,17,20,22-26,29-30H,2,4-5,8-9,11-12,14-16H2,1,3H3;6-7,10,13,17,20,22-26,28-30H,2,4-5,8-9,11-12,14-16H2,1,3H3/b2*13-6+,19-7+,21-10-/t2*17-,22-,23-,24?,25?,26+,27-/m11/s1. The van der Waals surface area contributed by atoms with Crippen LogP contribution in [0.1, 0.15) is 143 Å². The van der Waals surface area contributed by atoms with Crippen LogP contribution in [0.4, 0.5) is 0 Å². The van der Waals surface area contributed by atoms with E-state index in [0.717, 1.165) is 28.7 Å².